The summed E-state index contributed by atoms with van der Waals surface area (Å²) < 4.78 is 24.5. The summed E-state index contributed by atoms with van der Waals surface area (Å²) >= 11 is 6.21. The van der Waals surface area contributed by atoms with E-state index in [0.29, 0.717) is 54.0 Å². The number of halogens is 2. The molecule has 1 atom stereocenters. The van der Waals surface area contributed by atoms with Gasteiger partial charge in [0.25, 0.3) is 11.5 Å². The predicted octanol–water partition coefficient (Wildman–Crippen LogP) is 3.22. The van der Waals surface area contributed by atoms with Gasteiger partial charge in [-0.1, -0.05) is 11.6 Å². The largest absolute Gasteiger partial charge is 0.481 e. The minimum atomic E-state index is -0.700. The smallest absolute Gasteiger partial charge is 0.263 e. The maximum Gasteiger partial charge on any atom is 0.263 e. The van der Waals surface area contributed by atoms with Crippen molar-refractivity contribution in [3.8, 4) is 16.9 Å². The van der Waals surface area contributed by atoms with Crippen molar-refractivity contribution in [1.82, 2.24) is 9.88 Å². The fourth-order valence-electron chi connectivity index (χ4n) is 3.54. The highest BCUT2D eigenvalue weighted by atomic mass is 35.5. The van der Waals surface area contributed by atoms with Crippen molar-refractivity contribution in [2.24, 2.45) is 0 Å². The van der Waals surface area contributed by atoms with Gasteiger partial charge in [0.05, 0.1) is 23.6 Å². The van der Waals surface area contributed by atoms with Crippen LogP contribution in [0.1, 0.15) is 6.92 Å². The third kappa shape index (κ3) is 5.09. The molecule has 4 rings (SSSR count). The number of carbonyl (C=O) groups is 1. The van der Waals surface area contributed by atoms with E-state index >= 15 is 0 Å². The summed E-state index contributed by atoms with van der Waals surface area (Å²) in [6.07, 6.45) is 0.851. The van der Waals surface area contributed by atoms with Crippen molar-refractivity contribution in [2.45, 2.75) is 13.0 Å². The number of ether oxygens (including phenoxy) is 2. The Balaban J connectivity index is 0.00000141. The van der Waals surface area contributed by atoms with Crippen LogP contribution >= 0.6 is 11.6 Å². The standard InChI is InChI=1S/C22H20ClFN2O4.CH4O/c1-13(22(28)26-6-8-29-9-7-26)30-15-3-5-16-18(11-15)21(27)25-12-19(16)17-4-2-14(24)10-20(17)23;1-2/h2-5,10-13H,6-9H2,1H3,(H,25,27);2H,1H3. The molecule has 0 aliphatic carbocycles. The van der Waals surface area contributed by atoms with Gasteiger partial charge in [-0.15, -0.1) is 0 Å². The first-order chi connectivity index (χ1) is 15.4. The number of aliphatic hydroxyl groups excluding tert-OH is 1. The lowest BCUT2D eigenvalue weighted by Gasteiger charge is -2.29. The molecule has 1 aliphatic rings. The zero-order valence-corrected chi connectivity index (χ0v) is 18.5. The summed E-state index contributed by atoms with van der Waals surface area (Å²) in [6, 6.07) is 9.14. The average molecular weight is 463 g/mol. The number of morpholine rings is 1. The Kier molecular flexibility index (Phi) is 7.84. The lowest BCUT2D eigenvalue weighted by Crippen LogP contribution is -2.46. The van der Waals surface area contributed by atoms with Gasteiger partial charge in [-0.05, 0) is 48.7 Å². The van der Waals surface area contributed by atoms with Crippen LogP contribution in [0.5, 0.6) is 5.75 Å². The number of benzene rings is 2. The first kappa shape index (κ1) is 23.7. The molecule has 32 heavy (non-hydrogen) atoms. The summed E-state index contributed by atoms with van der Waals surface area (Å²) in [6.45, 7) is 3.77. The SMILES string of the molecule is CC(Oc1ccc2c(-c3ccc(F)cc3Cl)c[nH]c(=O)c2c1)C(=O)N1CCOCC1.CO. The molecule has 1 saturated heterocycles. The topological polar surface area (TPSA) is 91.9 Å². The van der Waals surface area contributed by atoms with Gasteiger partial charge in [0.15, 0.2) is 6.10 Å². The molecule has 1 unspecified atom stereocenters. The molecule has 2 heterocycles. The van der Waals surface area contributed by atoms with Crippen LogP contribution in [0, 0.1) is 5.82 Å². The van der Waals surface area contributed by atoms with E-state index in [0.717, 1.165) is 7.11 Å². The Labute approximate surface area is 189 Å². The number of rotatable bonds is 4. The Bertz CT molecular complexity index is 1160. The quantitative estimate of drug-likeness (QED) is 0.621. The van der Waals surface area contributed by atoms with Crippen LogP contribution in [0.4, 0.5) is 4.39 Å². The van der Waals surface area contributed by atoms with Crippen molar-refractivity contribution in [1.29, 1.82) is 0 Å². The van der Waals surface area contributed by atoms with Gasteiger partial charge in [-0.3, -0.25) is 9.59 Å². The normalized spacial score (nSPS) is 14.5. The number of pyridine rings is 1. The molecule has 1 amide bonds. The number of aromatic nitrogens is 1. The van der Waals surface area contributed by atoms with E-state index < -0.39 is 11.9 Å². The summed E-state index contributed by atoms with van der Waals surface area (Å²) in [5.41, 5.74) is 0.965. The van der Waals surface area contributed by atoms with E-state index in [-0.39, 0.29) is 16.5 Å². The molecule has 1 aromatic heterocycles. The fourth-order valence-corrected chi connectivity index (χ4v) is 3.81. The first-order valence-corrected chi connectivity index (χ1v) is 10.4. The molecule has 1 fully saturated rings. The van der Waals surface area contributed by atoms with Crippen molar-refractivity contribution in [3.63, 3.8) is 0 Å². The number of hydrogen-bond donors (Lipinski definition) is 2. The van der Waals surface area contributed by atoms with Gasteiger partial charge >= 0.3 is 0 Å². The lowest BCUT2D eigenvalue weighted by atomic mass is 10.0. The molecular formula is C23H24ClFN2O5. The van der Waals surface area contributed by atoms with Gasteiger partial charge in [0.2, 0.25) is 0 Å². The van der Waals surface area contributed by atoms with E-state index in [2.05, 4.69) is 4.98 Å². The molecule has 0 spiro atoms. The Morgan fingerprint density at radius 2 is 1.88 bits per heavy atom. The molecule has 0 radical (unpaired) electrons. The van der Waals surface area contributed by atoms with Crippen molar-refractivity contribution in [2.75, 3.05) is 33.4 Å². The molecule has 170 valence electrons. The molecule has 0 saturated carbocycles. The highest BCUT2D eigenvalue weighted by molar-refractivity contribution is 6.33. The molecule has 0 bridgehead atoms. The Hall–Kier alpha value is -2.94. The molecule has 2 aromatic carbocycles. The minimum Gasteiger partial charge on any atom is -0.481 e. The fraction of sp³-hybridized carbons (Fsp3) is 0.304. The van der Waals surface area contributed by atoms with Gasteiger partial charge < -0.3 is 24.5 Å². The molecule has 3 aromatic rings. The van der Waals surface area contributed by atoms with Crippen LogP contribution in [0.3, 0.4) is 0 Å². The van der Waals surface area contributed by atoms with E-state index in [1.54, 1.807) is 42.3 Å². The van der Waals surface area contributed by atoms with Gasteiger partial charge in [-0.25, -0.2) is 4.39 Å². The molecule has 7 nitrogen and oxygen atoms in total. The maximum atomic E-state index is 13.4. The number of amides is 1. The number of aromatic amines is 1. The van der Waals surface area contributed by atoms with Crippen LogP contribution in [0.15, 0.2) is 47.4 Å². The molecule has 2 N–H and O–H groups in total. The van der Waals surface area contributed by atoms with Crippen LogP contribution in [-0.2, 0) is 9.53 Å². The van der Waals surface area contributed by atoms with Crippen LogP contribution in [-0.4, -0.2) is 60.4 Å². The van der Waals surface area contributed by atoms with Crippen molar-refractivity contribution >= 4 is 28.3 Å². The second-order valence-corrected chi connectivity index (χ2v) is 7.47. The van der Waals surface area contributed by atoms with E-state index in [1.165, 1.54) is 12.1 Å². The monoisotopic (exact) mass is 462 g/mol. The third-order valence-electron chi connectivity index (χ3n) is 5.08. The predicted molar refractivity (Wildman–Crippen MR) is 121 cm³/mol. The lowest BCUT2D eigenvalue weighted by molar-refractivity contribution is -0.142. The van der Waals surface area contributed by atoms with Crippen molar-refractivity contribution < 1.29 is 23.8 Å². The highest BCUT2D eigenvalue weighted by Crippen LogP contribution is 2.33. The minimum absolute atomic E-state index is 0.126. The summed E-state index contributed by atoms with van der Waals surface area (Å²) in [7, 11) is 1.00. The number of nitrogens with one attached hydrogen (secondary N) is 1. The molecular weight excluding hydrogens is 439 g/mol. The Morgan fingerprint density at radius 3 is 2.56 bits per heavy atom. The average Bonchev–Trinajstić information content (AvgIpc) is 2.81. The summed E-state index contributed by atoms with van der Waals surface area (Å²) in [4.78, 5) is 29.4. The molecule has 9 heteroatoms. The third-order valence-corrected chi connectivity index (χ3v) is 5.39. The van der Waals surface area contributed by atoms with E-state index in [4.69, 9.17) is 26.2 Å². The second kappa shape index (κ2) is 10.6. The summed E-state index contributed by atoms with van der Waals surface area (Å²) in [5, 5.41) is 8.27. The Morgan fingerprint density at radius 1 is 1.16 bits per heavy atom. The number of H-pyrrole nitrogens is 1. The van der Waals surface area contributed by atoms with Gasteiger partial charge in [0, 0.05) is 37.5 Å². The van der Waals surface area contributed by atoms with Crippen molar-refractivity contribution in [3.05, 3.63) is 63.8 Å². The van der Waals surface area contributed by atoms with Crippen LogP contribution in [0.2, 0.25) is 5.02 Å². The number of fused-ring (bicyclic) bond motifs is 1. The second-order valence-electron chi connectivity index (χ2n) is 7.06. The number of aliphatic hydroxyl groups is 1. The van der Waals surface area contributed by atoms with Crippen LogP contribution < -0.4 is 10.3 Å². The van der Waals surface area contributed by atoms with Crippen LogP contribution in [0.25, 0.3) is 21.9 Å². The first-order valence-electron chi connectivity index (χ1n) is 10.0. The zero-order valence-electron chi connectivity index (χ0n) is 17.7. The molecule has 1 aliphatic heterocycles. The number of hydrogen-bond acceptors (Lipinski definition) is 5. The van der Waals surface area contributed by atoms with Gasteiger partial charge in [-0.2, -0.15) is 0 Å². The summed E-state index contributed by atoms with van der Waals surface area (Å²) in [5.74, 6) is -0.157. The number of carbonyl (C=O) groups excluding carboxylic acids is 1. The number of nitrogens with zero attached hydrogens (tertiary/aromatic N) is 1. The van der Waals surface area contributed by atoms with E-state index in [9.17, 15) is 14.0 Å². The van der Waals surface area contributed by atoms with E-state index in [1.807, 2.05) is 0 Å². The zero-order chi connectivity index (χ0) is 23.3. The van der Waals surface area contributed by atoms with Gasteiger partial charge in [0.1, 0.15) is 11.6 Å². The highest BCUT2D eigenvalue weighted by Gasteiger charge is 2.24. The maximum absolute atomic E-state index is 13.4.